The predicted octanol–water partition coefficient (Wildman–Crippen LogP) is 3.71. The van der Waals surface area contributed by atoms with Gasteiger partial charge >= 0.3 is 0 Å². The molecule has 2 heterocycles. The first-order chi connectivity index (χ1) is 14.1. The SMILES string of the molecule is CCNC(=NCc1ccc(C)cc1OC(C)CC)NCC1CN2CCCC2CO1.I. The van der Waals surface area contributed by atoms with Crippen LogP contribution >= 0.6 is 24.0 Å². The van der Waals surface area contributed by atoms with Crippen LogP contribution in [-0.4, -0.2) is 61.9 Å². The summed E-state index contributed by atoms with van der Waals surface area (Å²) in [6, 6.07) is 6.99. The molecule has 2 fully saturated rings. The molecular formula is C23H39IN4O2. The van der Waals surface area contributed by atoms with Crippen molar-refractivity contribution in [2.75, 3.05) is 32.8 Å². The molecule has 0 saturated carbocycles. The molecule has 0 radical (unpaired) electrons. The van der Waals surface area contributed by atoms with Crippen LogP contribution in [0.5, 0.6) is 5.75 Å². The number of hydrogen-bond donors (Lipinski definition) is 2. The average molecular weight is 530 g/mol. The third-order valence-corrected chi connectivity index (χ3v) is 5.84. The number of rotatable bonds is 8. The Morgan fingerprint density at radius 1 is 1.33 bits per heavy atom. The van der Waals surface area contributed by atoms with Crippen LogP contribution in [0.2, 0.25) is 0 Å². The standard InChI is InChI=1S/C23H38N4O2.HI/c1-5-18(4)29-22-12-17(3)9-10-19(22)13-25-23(24-6-2)26-14-21-15-27-11-7-8-20(27)16-28-21;/h9-10,12,18,20-21H,5-8,11,13-16H2,1-4H3,(H2,24,25,26);1H. The Bertz CT molecular complexity index is 685. The Balaban J connectivity index is 0.00000320. The summed E-state index contributed by atoms with van der Waals surface area (Å²) in [5.74, 6) is 1.77. The summed E-state index contributed by atoms with van der Waals surface area (Å²) in [5, 5.41) is 6.82. The van der Waals surface area contributed by atoms with Crippen LogP contribution in [0.3, 0.4) is 0 Å². The van der Waals surface area contributed by atoms with E-state index in [9.17, 15) is 0 Å². The molecule has 2 aliphatic rings. The molecule has 3 rings (SSSR count). The minimum absolute atomic E-state index is 0. The van der Waals surface area contributed by atoms with Crippen LogP contribution in [0.15, 0.2) is 23.2 Å². The van der Waals surface area contributed by atoms with E-state index in [2.05, 4.69) is 61.4 Å². The molecule has 30 heavy (non-hydrogen) atoms. The first-order valence-corrected chi connectivity index (χ1v) is 11.2. The van der Waals surface area contributed by atoms with Gasteiger partial charge < -0.3 is 20.1 Å². The molecular weight excluding hydrogens is 491 g/mol. The number of hydrogen-bond acceptors (Lipinski definition) is 4. The van der Waals surface area contributed by atoms with Crippen LogP contribution < -0.4 is 15.4 Å². The third kappa shape index (κ3) is 7.27. The fraction of sp³-hybridized carbons (Fsp3) is 0.696. The number of nitrogens with one attached hydrogen (secondary N) is 2. The molecule has 2 aliphatic heterocycles. The number of morpholine rings is 1. The second-order valence-electron chi connectivity index (χ2n) is 8.27. The van der Waals surface area contributed by atoms with E-state index in [4.69, 9.17) is 14.5 Å². The molecule has 7 heteroatoms. The molecule has 0 amide bonds. The van der Waals surface area contributed by atoms with Gasteiger partial charge in [0.15, 0.2) is 5.96 Å². The maximum absolute atomic E-state index is 6.13. The molecule has 3 unspecified atom stereocenters. The molecule has 0 aliphatic carbocycles. The van der Waals surface area contributed by atoms with Crippen LogP contribution in [0.25, 0.3) is 0 Å². The highest BCUT2D eigenvalue weighted by Gasteiger charge is 2.32. The zero-order chi connectivity index (χ0) is 20.6. The predicted molar refractivity (Wildman–Crippen MR) is 134 cm³/mol. The van der Waals surface area contributed by atoms with Crippen LogP contribution in [0, 0.1) is 6.92 Å². The molecule has 2 saturated heterocycles. The van der Waals surface area contributed by atoms with Crippen LogP contribution in [0.4, 0.5) is 0 Å². The van der Waals surface area contributed by atoms with Crippen molar-refractivity contribution in [3.63, 3.8) is 0 Å². The average Bonchev–Trinajstić information content (AvgIpc) is 3.19. The van der Waals surface area contributed by atoms with Gasteiger partial charge in [0, 0.05) is 31.2 Å². The quantitative estimate of drug-likeness (QED) is 0.305. The zero-order valence-electron chi connectivity index (χ0n) is 18.9. The lowest BCUT2D eigenvalue weighted by molar-refractivity contribution is -0.0453. The minimum atomic E-state index is 0. The first-order valence-electron chi connectivity index (χ1n) is 11.2. The van der Waals surface area contributed by atoms with E-state index < -0.39 is 0 Å². The van der Waals surface area contributed by atoms with E-state index in [0.717, 1.165) is 49.9 Å². The molecule has 3 atom stereocenters. The Hall–Kier alpha value is -1.06. The van der Waals surface area contributed by atoms with Gasteiger partial charge in [-0.1, -0.05) is 19.1 Å². The van der Waals surface area contributed by atoms with Crippen molar-refractivity contribution in [3.05, 3.63) is 29.3 Å². The summed E-state index contributed by atoms with van der Waals surface area (Å²) in [7, 11) is 0. The topological polar surface area (TPSA) is 58.1 Å². The first kappa shape index (κ1) is 25.2. The van der Waals surface area contributed by atoms with Gasteiger partial charge in [-0.3, -0.25) is 4.90 Å². The van der Waals surface area contributed by atoms with E-state index >= 15 is 0 Å². The number of benzene rings is 1. The molecule has 170 valence electrons. The number of nitrogens with zero attached hydrogens (tertiary/aromatic N) is 2. The third-order valence-electron chi connectivity index (χ3n) is 5.84. The fourth-order valence-electron chi connectivity index (χ4n) is 3.93. The Morgan fingerprint density at radius 2 is 2.17 bits per heavy atom. The van der Waals surface area contributed by atoms with Gasteiger partial charge in [0.2, 0.25) is 0 Å². The van der Waals surface area contributed by atoms with E-state index in [-0.39, 0.29) is 36.2 Å². The zero-order valence-corrected chi connectivity index (χ0v) is 21.3. The maximum atomic E-state index is 6.13. The van der Waals surface area contributed by atoms with E-state index in [0.29, 0.717) is 12.6 Å². The van der Waals surface area contributed by atoms with E-state index in [1.54, 1.807) is 0 Å². The van der Waals surface area contributed by atoms with Gasteiger partial charge in [0.05, 0.1) is 25.4 Å². The normalized spacial score (nSPS) is 22.7. The van der Waals surface area contributed by atoms with Gasteiger partial charge in [-0.05, 0) is 58.2 Å². The highest BCUT2D eigenvalue weighted by molar-refractivity contribution is 14.0. The number of aliphatic imine (C=N–C) groups is 1. The molecule has 0 spiro atoms. The number of fused-ring (bicyclic) bond motifs is 1. The lowest BCUT2D eigenvalue weighted by atomic mass is 10.1. The highest BCUT2D eigenvalue weighted by atomic mass is 127. The van der Waals surface area contributed by atoms with Gasteiger partial charge in [-0.25, -0.2) is 4.99 Å². The number of ether oxygens (including phenoxy) is 2. The second-order valence-corrected chi connectivity index (χ2v) is 8.27. The van der Waals surface area contributed by atoms with Crippen molar-refractivity contribution in [2.45, 2.75) is 71.8 Å². The summed E-state index contributed by atoms with van der Waals surface area (Å²) >= 11 is 0. The highest BCUT2D eigenvalue weighted by Crippen LogP contribution is 2.24. The Labute approximate surface area is 199 Å². The fourth-order valence-corrected chi connectivity index (χ4v) is 3.93. The monoisotopic (exact) mass is 530 g/mol. The summed E-state index contributed by atoms with van der Waals surface area (Å²) in [6.45, 7) is 13.7. The second kappa shape index (κ2) is 12.7. The van der Waals surface area contributed by atoms with Crippen molar-refractivity contribution in [3.8, 4) is 5.75 Å². The number of halogens is 1. The number of guanidine groups is 1. The molecule has 1 aromatic carbocycles. The van der Waals surface area contributed by atoms with Gasteiger partial charge in [0.1, 0.15) is 5.75 Å². The lowest BCUT2D eigenvalue weighted by Crippen LogP contribution is -2.51. The summed E-state index contributed by atoms with van der Waals surface area (Å²) < 4.78 is 12.2. The summed E-state index contributed by atoms with van der Waals surface area (Å²) in [6.07, 6.45) is 3.98. The molecule has 0 aromatic heterocycles. The number of aryl methyl sites for hydroxylation is 1. The van der Waals surface area contributed by atoms with Crippen molar-refractivity contribution >= 4 is 29.9 Å². The van der Waals surface area contributed by atoms with Crippen LogP contribution in [-0.2, 0) is 11.3 Å². The van der Waals surface area contributed by atoms with Crippen LogP contribution in [0.1, 0.15) is 51.2 Å². The Morgan fingerprint density at radius 3 is 2.93 bits per heavy atom. The van der Waals surface area contributed by atoms with Crippen molar-refractivity contribution in [1.82, 2.24) is 15.5 Å². The minimum Gasteiger partial charge on any atom is -0.490 e. The smallest absolute Gasteiger partial charge is 0.191 e. The molecule has 6 nitrogen and oxygen atoms in total. The summed E-state index contributed by atoms with van der Waals surface area (Å²) in [5.41, 5.74) is 2.32. The Kier molecular flexibility index (Phi) is 10.7. The molecule has 2 N–H and O–H groups in total. The van der Waals surface area contributed by atoms with Crippen molar-refractivity contribution in [2.24, 2.45) is 4.99 Å². The van der Waals surface area contributed by atoms with E-state index in [1.807, 2.05) is 0 Å². The lowest BCUT2D eigenvalue weighted by Gasteiger charge is -2.35. The van der Waals surface area contributed by atoms with Crippen molar-refractivity contribution in [1.29, 1.82) is 0 Å². The molecule has 1 aromatic rings. The van der Waals surface area contributed by atoms with Gasteiger partial charge in [0.25, 0.3) is 0 Å². The molecule has 0 bridgehead atoms. The van der Waals surface area contributed by atoms with Gasteiger partial charge in [-0.15, -0.1) is 24.0 Å². The van der Waals surface area contributed by atoms with Gasteiger partial charge in [-0.2, -0.15) is 0 Å². The maximum Gasteiger partial charge on any atom is 0.191 e. The largest absolute Gasteiger partial charge is 0.490 e. The van der Waals surface area contributed by atoms with E-state index in [1.165, 1.54) is 24.9 Å². The van der Waals surface area contributed by atoms with Crippen molar-refractivity contribution < 1.29 is 9.47 Å². The summed E-state index contributed by atoms with van der Waals surface area (Å²) in [4.78, 5) is 7.38.